The van der Waals surface area contributed by atoms with Gasteiger partial charge in [-0.2, -0.15) is 0 Å². The molecule has 0 radical (unpaired) electrons. The van der Waals surface area contributed by atoms with Crippen molar-refractivity contribution in [2.24, 2.45) is 0 Å². The molecule has 5 nitrogen and oxygen atoms in total. The second-order valence-electron chi connectivity index (χ2n) is 6.14. The number of amides is 1. The maximum Gasteiger partial charge on any atom is 0.254 e. The Kier molecular flexibility index (Phi) is 5.66. The molecule has 0 bridgehead atoms. The normalized spacial score (nSPS) is 13.1. The summed E-state index contributed by atoms with van der Waals surface area (Å²) >= 11 is 0. The molecule has 1 aliphatic rings. The van der Waals surface area contributed by atoms with Crippen molar-refractivity contribution in [1.29, 1.82) is 0 Å². The first-order valence-corrected chi connectivity index (χ1v) is 9.01. The Morgan fingerprint density at radius 2 is 1.62 bits per heavy atom. The van der Waals surface area contributed by atoms with Crippen molar-refractivity contribution in [2.75, 3.05) is 26.9 Å². The van der Waals surface area contributed by atoms with E-state index < -0.39 is 0 Å². The van der Waals surface area contributed by atoms with Crippen LogP contribution in [0, 0.1) is 0 Å². The van der Waals surface area contributed by atoms with E-state index in [2.05, 4.69) is 6.07 Å². The van der Waals surface area contributed by atoms with Crippen molar-refractivity contribution >= 4 is 5.91 Å². The van der Waals surface area contributed by atoms with Gasteiger partial charge in [-0.25, -0.2) is 0 Å². The molecular weight excluding hydrogens is 330 g/mol. The summed E-state index contributed by atoms with van der Waals surface area (Å²) in [5, 5.41) is 0. The summed E-state index contributed by atoms with van der Waals surface area (Å²) in [5.41, 5.74) is 3.01. The highest BCUT2D eigenvalue weighted by Crippen LogP contribution is 2.34. The second kappa shape index (κ2) is 8.13. The number of benzene rings is 2. The minimum atomic E-state index is 0.0325. The first-order chi connectivity index (χ1) is 12.7. The van der Waals surface area contributed by atoms with Gasteiger partial charge in [-0.3, -0.25) is 4.79 Å². The fourth-order valence-corrected chi connectivity index (χ4v) is 3.19. The molecule has 1 amide bonds. The lowest BCUT2D eigenvalue weighted by Crippen LogP contribution is -2.36. The molecule has 0 aliphatic carbocycles. The van der Waals surface area contributed by atoms with E-state index in [0.29, 0.717) is 31.9 Å². The van der Waals surface area contributed by atoms with E-state index in [4.69, 9.17) is 14.2 Å². The van der Waals surface area contributed by atoms with Gasteiger partial charge in [-0.1, -0.05) is 0 Å². The predicted molar refractivity (Wildman–Crippen MR) is 100 cm³/mol. The number of nitrogens with zero attached hydrogens (tertiary/aromatic N) is 1. The smallest absolute Gasteiger partial charge is 0.254 e. The van der Waals surface area contributed by atoms with E-state index in [9.17, 15) is 4.79 Å². The maximum atomic E-state index is 12.8. The van der Waals surface area contributed by atoms with Crippen LogP contribution in [0.1, 0.15) is 35.3 Å². The third kappa shape index (κ3) is 3.77. The summed E-state index contributed by atoms with van der Waals surface area (Å²) in [5.74, 6) is 2.30. The Balaban J connectivity index is 1.81. The van der Waals surface area contributed by atoms with E-state index in [0.717, 1.165) is 29.2 Å². The molecule has 0 unspecified atom stereocenters. The first-order valence-electron chi connectivity index (χ1n) is 9.01. The maximum absolute atomic E-state index is 12.8. The van der Waals surface area contributed by atoms with Crippen LogP contribution in [0.2, 0.25) is 0 Å². The lowest BCUT2D eigenvalue weighted by molar-refractivity contribution is 0.0734. The molecule has 0 saturated heterocycles. The number of hydrogen-bond donors (Lipinski definition) is 0. The van der Waals surface area contributed by atoms with E-state index in [-0.39, 0.29) is 5.91 Å². The largest absolute Gasteiger partial charge is 0.497 e. The molecule has 3 rings (SSSR count). The molecule has 2 aromatic rings. The summed E-state index contributed by atoms with van der Waals surface area (Å²) in [4.78, 5) is 14.7. The van der Waals surface area contributed by atoms with Gasteiger partial charge in [0.1, 0.15) is 5.75 Å². The fourth-order valence-electron chi connectivity index (χ4n) is 3.19. The number of carbonyl (C=O) groups excluding carboxylic acids is 1. The van der Waals surface area contributed by atoms with E-state index in [1.807, 2.05) is 36.9 Å². The number of rotatable bonds is 6. The summed E-state index contributed by atoms with van der Waals surface area (Å²) in [6.45, 7) is 6.36. The number of ether oxygens (including phenoxy) is 3. The standard InChI is InChI=1S/C21H25NO4/c1-4-25-19-12-16-10-11-22(14-17(16)13-20(19)26-5-2)21(23)15-6-8-18(24-3)9-7-15/h6-9,12-13H,4-5,10-11,14H2,1-3H3. The highest BCUT2D eigenvalue weighted by atomic mass is 16.5. The minimum absolute atomic E-state index is 0.0325. The van der Waals surface area contributed by atoms with Gasteiger partial charge in [0.25, 0.3) is 5.91 Å². The van der Waals surface area contributed by atoms with Gasteiger partial charge in [0, 0.05) is 18.7 Å². The SMILES string of the molecule is CCOc1cc2c(cc1OCC)CN(C(=O)c1ccc(OC)cc1)CC2. The van der Waals surface area contributed by atoms with Crippen LogP contribution in [0.15, 0.2) is 36.4 Å². The average Bonchev–Trinajstić information content (AvgIpc) is 2.68. The number of hydrogen-bond acceptors (Lipinski definition) is 4. The molecule has 5 heteroatoms. The zero-order valence-corrected chi connectivity index (χ0v) is 15.6. The van der Waals surface area contributed by atoms with Gasteiger partial charge in [0.15, 0.2) is 11.5 Å². The van der Waals surface area contributed by atoms with Crippen LogP contribution < -0.4 is 14.2 Å². The topological polar surface area (TPSA) is 48.0 Å². The molecule has 0 atom stereocenters. The molecular formula is C21H25NO4. The molecule has 1 heterocycles. The third-order valence-electron chi connectivity index (χ3n) is 4.50. The fraction of sp³-hybridized carbons (Fsp3) is 0.381. The summed E-state index contributed by atoms with van der Waals surface area (Å²) in [6.07, 6.45) is 0.809. The third-order valence-corrected chi connectivity index (χ3v) is 4.50. The quantitative estimate of drug-likeness (QED) is 0.793. The van der Waals surface area contributed by atoms with Crippen molar-refractivity contribution in [3.8, 4) is 17.2 Å². The zero-order chi connectivity index (χ0) is 18.5. The molecule has 2 aromatic carbocycles. The zero-order valence-electron chi connectivity index (χ0n) is 15.6. The van der Waals surface area contributed by atoms with Gasteiger partial charge in [-0.05, 0) is 67.8 Å². The van der Waals surface area contributed by atoms with Crippen LogP contribution in [0.4, 0.5) is 0 Å². The van der Waals surface area contributed by atoms with Gasteiger partial charge in [0.2, 0.25) is 0 Å². The molecule has 1 aliphatic heterocycles. The Hall–Kier alpha value is -2.69. The molecule has 26 heavy (non-hydrogen) atoms. The highest BCUT2D eigenvalue weighted by Gasteiger charge is 2.24. The Labute approximate surface area is 154 Å². The number of fused-ring (bicyclic) bond motifs is 1. The summed E-state index contributed by atoms with van der Waals surface area (Å²) in [6, 6.07) is 11.3. The summed E-state index contributed by atoms with van der Waals surface area (Å²) in [7, 11) is 1.62. The first kappa shape index (κ1) is 18.1. The molecule has 0 saturated carbocycles. The van der Waals surface area contributed by atoms with Crippen molar-refractivity contribution in [3.05, 3.63) is 53.1 Å². The molecule has 0 fully saturated rings. The van der Waals surface area contributed by atoms with Crippen molar-refractivity contribution in [1.82, 2.24) is 4.90 Å². The van der Waals surface area contributed by atoms with Crippen LogP contribution in [0.25, 0.3) is 0 Å². The monoisotopic (exact) mass is 355 g/mol. The predicted octanol–water partition coefficient (Wildman–Crippen LogP) is 3.69. The van der Waals surface area contributed by atoms with Crippen LogP contribution >= 0.6 is 0 Å². The van der Waals surface area contributed by atoms with Crippen LogP contribution in [0.3, 0.4) is 0 Å². The van der Waals surface area contributed by atoms with Gasteiger partial charge in [-0.15, -0.1) is 0 Å². The lowest BCUT2D eigenvalue weighted by Gasteiger charge is -2.30. The lowest BCUT2D eigenvalue weighted by atomic mass is 9.98. The molecule has 0 aromatic heterocycles. The average molecular weight is 355 g/mol. The molecule has 0 N–H and O–H groups in total. The van der Waals surface area contributed by atoms with Crippen LogP contribution in [-0.4, -0.2) is 37.7 Å². The summed E-state index contributed by atoms with van der Waals surface area (Å²) < 4.78 is 16.6. The van der Waals surface area contributed by atoms with Crippen LogP contribution in [-0.2, 0) is 13.0 Å². The highest BCUT2D eigenvalue weighted by molar-refractivity contribution is 5.94. The van der Waals surface area contributed by atoms with Crippen molar-refractivity contribution in [2.45, 2.75) is 26.8 Å². The Morgan fingerprint density at radius 3 is 2.19 bits per heavy atom. The minimum Gasteiger partial charge on any atom is -0.497 e. The van der Waals surface area contributed by atoms with Crippen LogP contribution in [0.5, 0.6) is 17.2 Å². The molecule has 0 spiro atoms. The van der Waals surface area contributed by atoms with Gasteiger partial charge >= 0.3 is 0 Å². The number of methoxy groups -OCH3 is 1. The molecule has 138 valence electrons. The Morgan fingerprint density at radius 1 is 1.00 bits per heavy atom. The second-order valence-corrected chi connectivity index (χ2v) is 6.14. The van der Waals surface area contributed by atoms with Gasteiger partial charge in [0.05, 0.1) is 20.3 Å². The van der Waals surface area contributed by atoms with Crippen molar-refractivity contribution < 1.29 is 19.0 Å². The van der Waals surface area contributed by atoms with Crippen molar-refractivity contribution in [3.63, 3.8) is 0 Å². The van der Waals surface area contributed by atoms with E-state index in [1.54, 1.807) is 19.2 Å². The van der Waals surface area contributed by atoms with E-state index >= 15 is 0 Å². The number of carbonyl (C=O) groups is 1. The van der Waals surface area contributed by atoms with E-state index in [1.165, 1.54) is 5.56 Å². The Bertz CT molecular complexity index is 770. The van der Waals surface area contributed by atoms with Gasteiger partial charge < -0.3 is 19.1 Å².